The smallest absolute Gasteiger partial charge is 0.200 e. The van der Waals surface area contributed by atoms with E-state index < -0.39 is 5.82 Å². The molecule has 1 heterocycles. The second-order valence-electron chi connectivity index (χ2n) is 4.54. The highest BCUT2D eigenvalue weighted by Gasteiger charge is 2.09. The second kappa shape index (κ2) is 5.61. The van der Waals surface area contributed by atoms with Crippen LogP contribution in [-0.4, -0.2) is 11.5 Å². The Kier molecular flexibility index (Phi) is 4.06. The molecule has 3 aromatic rings. The Bertz CT molecular complexity index is 829. The Balaban J connectivity index is 0.00000147. The third-order valence-corrected chi connectivity index (χ3v) is 3.27. The lowest BCUT2D eigenvalue weighted by Gasteiger charge is -2.05. The molecular weight excluding hydrogens is 279 g/mol. The molecule has 0 unspecified atom stereocenters. The average molecular weight is 293 g/mol. The fraction of sp³-hybridized carbons (Fsp3) is 0.133. The maximum absolute atomic E-state index is 13.8. The lowest BCUT2D eigenvalue weighted by Crippen LogP contribution is -2.08. The molecule has 3 nitrogen and oxygen atoms in total. The Hall–Kier alpha value is -1.91. The molecule has 0 saturated carbocycles. The number of H-pyrrole nitrogens is 1. The van der Waals surface area contributed by atoms with Crippen LogP contribution in [0.2, 0.25) is 0 Å². The quantitative estimate of drug-likeness (QED) is 0.714. The maximum atomic E-state index is 13.8. The van der Waals surface area contributed by atoms with Crippen LogP contribution in [0, 0.1) is 5.82 Å². The number of nitrogens with one attached hydrogen (secondary N) is 1. The first-order chi connectivity index (χ1) is 9.20. The number of rotatable bonds is 2. The number of nitrogens with two attached hydrogens (primary N) is 1. The van der Waals surface area contributed by atoms with Crippen LogP contribution in [0.4, 0.5) is 4.39 Å². The summed E-state index contributed by atoms with van der Waals surface area (Å²) in [5.74, 6) is -0.495. The Morgan fingerprint density at radius 2 is 1.95 bits per heavy atom. The molecule has 3 rings (SSSR count). The molecule has 0 fully saturated rings. The van der Waals surface area contributed by atoms with Gasteiger partial charge in [0.2, 0.25) is 0 Å². The first kappa shape index (κ1) is 14.5. The van der Waals surface area contributed by atoms with E-state index in [4.69, 9.17) is 5.73 Å². The Labute approximate surface area is 121 Å². The van der Waals surface area contributed by atoms with E-state index in [-0.39, 0.29) is 23.2 Å². The zero-order valence-electron chi connectivity index (χ0n) is 10.7. The van der Waals surface area contributed by atoms with E-state index in [1.54, 1.807) is 18.2 Å². The van der Waals surface area contributed by atoms with Crippen LogP contribution in [0.1, 0.15) is 5.56 Å². The van der Waals surface area contributed by atoms with Gasteiger partial charge in [0.25, 0.3) is 0 Å². The second-order valence-corrected chi connectivity index (χ2v) is 4.54. The van der Waals surface area contributed by atoms with Crippen molar-refractivity contribution in [2.75, 3.05) is 6.54 Å². The SMILES string of the molecule is Cl.NCCc1ccc2[nH]c3cccc(F)c3c(=O)c2c1. The van der Waals surface area contributed by atoms with Crippen molar-refractivity contribution in [1.29, 1.82) is 0 Å². The largest absolute Gasteiger partial charge is 0.354 e. The first-order valence-electron chi connectivity index (χ1n) is 6.14. The molecule has 3 N–H and O–H groups in total. The van der Waals surface area contributed by atoms with E-state index in [0.29, 0.717) is 29.4 Å². The van der Waals surface area contributed by atoms with Crippen molar-refractivity contribution in [3.8, 4) is 0 Å². The minimum atomic E-state index is -0.495. The minimum absolute atomic E-state index is 0. The standard InChI is InChI=1S/C15H13FN2O.ClH/c16-11-2-1-3-13-14(11)15(19)10-8-9(6-7-17)4-5-12(10)18-13;/h1-5,8H,6-7,17H2,(H,18,19);1H. The third kappa shape index (κ3) is 2.28. The van der Waals surface area contributed by atoms with E-state index in [9.17, 15) is 9.18 Å². The Morgan fingerprint density at radius 1 is 1.15 bits per heavy atom. The third-order valence-electron chi connectivity index (χ3n) is 3.27. The topological polar surface area (TPSA) is 58.9 Å². The summed E-state index contributed by atoms with van der Waals surface area (Å²) in [5.41, 5.74) is 7.45. The predicted octanol–water partition coefficient (Wildman–Crippen LogP) is 2.74. The lowest BCUT2D eigenvalue weighted by molar-refractivity contribution is 0.639. The zero-order valence-corrected chi connectivity index (χ0v) is 11.5. The van der Waals surface area contributed by atoms with E-state index in [2.05, 4.69) is 4.98 Å². The number of pyridine rings is 1. The highest BCUT2D eigenvalue weighted by Crippen LogP contribution is 2.18. The summed E-state index contributed by atoms with van der Waals surface area (Å²) in [7, 11) is 0. The molecule has 0 spiro atoms. The molecule has 1 aromatic heterocycles. The van der Waals surface area contributed by atoms with Gasteiger partial charge in [0, 0.05) is 10.9 Å². The van der Waals surface area contributed by atoms with Crippen molar-refractivity contribution in [3.05, 3.63) is 58.0 Å². The normalized spacial score (nSPS) is 10.7. The van der Waals surface area contributed by atoms with Crippen LogP contribution in [0.5, 0.6) is 0 Å². The number of aromatic amines is 1. The molecule has 0 amide bonds. The van der Waals surface area contributed by atoms with E-state index >= 15 is 0 Å². The zero-order chi connectivity index (χ0) is 13.4. The summed E-state index contributed by atoms with van der Waals surface area (Å²) in [6, 6.07) is 10.1. The van der Waals surface area contributed by atoms with Gasteiger partial charge in [0.15, 0.2) is 5.43 Å². The molecule has 0 aliphatic rings. The van der Waals surface area contributed by atoms with E-state index in [1.165, 1.54) is 6.07 Å². The Morgan fingerprint density at radius 3 is 2.70 bits per heavy atom. The molecule has 0 saturated heterocycles. The summed E-state index contributed by atoms with van der Waals surface area (Å²) in [5, 5.41) is 0.614. The molecule has 0 aliphatic heterocycles. The van der Waals surface area contributed by atoms with Gasteiger partial charge in [-0.05, 0) is 42.8 Å². The summed E-state index contributed by atoms with van der Waals surface area (Å²) in [6.45, 7) is 0.519. The van der Waals surface area contributed by atoms with Crippen molar-refractivity contribution in [2.45, 2.75) is 6.42 Å². The van der Waals surface area contributed by atoms with Crippen molar-refractivity contribution in [2.24, 2.45) is 5.73 Å². The number of aromatic nitrogens is 1. The summed E-state index contributed by atoms with van der Waals surface area (Å²) in [4.78, 5) is 15.5. The van der Waals surface area contributed by atoms with Gasteiger partial charge in [-0.25, -0.2) is 4.39 Å². The van der Waals surface area contributed by atoms with Gasteiger partial charge >= 0.3 is 0 Å². The predicted molar refractivity (Wildman–Crippen MR) is 82.0 cm³/mol. The van der Waals surface area contributed by atoms with Crippen molar-refractivity contribution in [1.82, 2.24) is 4.98 Å². The van der Waals surface area contributed by atoms with Crippen molar-refractivity contribution >= 4 is 34.2 Å². The number of hydrogen-bond donors (Lipinski definition) is 2. The van der Waals surface area contributed by atoms with Gasteiger partial charge < -0.3 is 10.7 Å². The molecule has 5 heteroatoms. The van der Waals surface area contributed by atoms with Gasteiger partial charge in [-0.15, -0.1) is 12.4 Å². The summed E-state index contributed by atoms with van der Waals surface area (Å²) < 4.78 is 13.8. The first-order valence-corrected chi connectivity index (χ1v) is 6.14. The van der Waals surface area contributed by atoms with Gasteiger partial charge in [0.05, 0.1) is 10.9 Å². The number of fused-ring (bicyclic) bond motifs is 2. The van der Waals surface area contributed by atoms with Gasteiger partial charge in [-0.2, -0.15) is 0 Å². The number of benzene rings is 2. The monoisotopic (exact) mass is 292 g/mol. The molecule has 0 atom stereocenters. The van der Waals surface area contributed by atoms with Gasteiger partial charge in [-0.3, -0.25) is 4.79 Å². The molecule has 0 bridgehead atoms. The number of hydrogen-bond acceptors (Lipinski definition) is 2. The van der Waals surface area contributed by atoms with Crippen LogP contribution in [0.25, 0.3) is 21.8 Å². The summed E-state index contributed by atoms with van der Waals surface area (Å²) >= 11 is 0. The highest BCUT2D eigenvalue weighted by atomic mass is 35.5. The van der Waals surface area contributed by atoms with Crippen LogP contribution >= 0.6 is 12.4 Å². The molecular formula is C15H14ClFN2O. The molecule has 104 valence electrons. The summed E-state index contributed by atoms with van der Waals surface area (Å²) in [6.07, 6.45) is 0.699. The van der Waals surface area contributed by atoms with Crippen LogP contribution in [0.3, 0.4) is 0 Å². The number of halogens is 2. The fourth-order valence-electron chi connectivity index (χ4n) is 2.35. The molecule has 0 radical (unpaired) electrons. The molecule has 20 heavy (non-hydrogen) atoms. The fourth-order valence-corrected chi connectivity index (χ4v) is 2.35. The van der Waals surface area contributed by atoms with Gasteiger partial charge in [-0.1, -0.05) is 12.1 Å². The minimum Gasteiger partial charge on any atom is -0.354 e. The maximum Gasteiger partial charge on any atom is 0.200 e. The van der Waals surface area contributed by atoms with Crippen LogP contribution in [0.15, 0.2) is 41.2 Å². The van der Waals surface area contributed by atoms with E-state index in [0.717, 1.165) is 5.56 Å². The molecule has 2 aromatic carbocycles. The van der Waals surface area contributed by atoms with Crippen molar-refractivity contribution < 1.29 is 4.39 Å². The molecule has 0 aliphatic carbocycles. The van der Waals surface area contributed by atoms with Gasteiger partial charge in [0.1, 0.15) is 5.82 Å². The lowest BCUT2D eigenvalue weighted by atomic mass is 10.1. The highest BCUT2D eigenvalue weighted by molar-refractivity contribution is 5.92. The van der Waals surface area contributed by atoms with Crippen molar-refractivity contribution in [3.63, 3.8) is 0 Å². The van der Waals surface area contributed by atoms with Crippen LogP contribution < -0.4 is 11.2 Å². The average Bonchev–Trinajstić information content (AvgIpc) is 2.40. The van der Waals surface area contributed by atoms with Crippen LogP contribution in [-0.2, 0) is 6.42 Å². The van der Waals surface area contributed by atoms with E-state index in [1.807, 2.05) is 12.1 Å².